The van der Waals surface area contributed by atoms with Crippen molar-refractivity contribution in [3.63, 3.8) is 0 Å². The van der Waals surface area contributed by atoms with Crippen LogP contribution in [-0.4, -0.2) is 20.5 Å². The number of rotatable bonds is 4. The third-order valence-corrected chi connectivity index (χ3v) is 8.22. The van der Waals surface area contributed by atoms with E-state index < -0.39 is 25.4 Å². The summed E-state index contributed by atoms with van der Waals surface area (Å²) >= 11 is -0.556. The van der Waals surface area contributed by atoms with Gasteiger partial charge in [-0.3, -0.25) is 0 Å². The number of hydrogen-bond acceptors (Lipinski definition) is 0. The summed E-state index contributed by atoms with van der Waals surface area (Å²) in [6.07, 6.45) is 5.38. The standard InChI is InChI=1S/C20H40N2Si.2ClH.Ti/c1-13-9-15(3)19(16(4)10-13)21-23(7,8)22-20-17(5)11-14(2)12-18(20)6;;;/h13-20H,9-12H2,1-8H3;2*1H;/q-2;;;+2/p-2. The van der Waals surface area contributed by atoms with Gasteiger partial charge in [0, 0.05) is 0 Å². The van der Waals surface area contributed by atoms with E-state index in [0.717, 1.165) is 35.5 Å². The minimum atomic E-state index is -1.84. The van der Waals surface area contributed by atoms with Crippen LogP contribution in [0.3, 0.4) is 0 Å². The van der Waals surface area contributed by atoms with Crippen molar-refractivity contribution in [2.45, 2.75) is 92.4 Å². The number of halogens is 2. The number of hydrogen-bond donors (Lipinski definition) is 0. The van der Waals surface area contributed by atoms with Crippen LogP contribution in [0.25, 0.3) is 9.96 Å². The molecule has 0 bridgehead atoms. The molecule has 0 aliphatic heterocycles. The third kappa shape index (κ3) is 8.05. The van der Waals surface area contributed by atoms with Crippen LogP contribution in [0.5, 0.6) is 0 Å². The van der Waals surface area contributed by atoms with Gasteiger partial charge in [-0.15, -0.1) is 25.2 Å². The van der Waals surface area contributed by atoms with Crippen molar-refractivity contribution in [1.29, 1.82) is 0 Å². The predicted molar refractivity (Wildman–Crippen MR) is 117 cm³/mol. The first-order valence-corrected chi connectivity index (χ1v) is 17.6. The third-order valence-electron chi connectivity index (χ3n) is 6.36. The van der Waals surface area contributed by atoms with Crippen LogP contribution in [0.15, 0.2) is 0 Å². The summed E-state index contributed by atoms with van der Waals surface area (Å²) in [5.41, 5.74) is 0. The zero-order valence-corrected chi connectivity index (χ0v) is 22.2. The summed E-state index contributed by atoms with van der Waals surface area (Å²) in [6, 6.07) is 1.09. The first-order chi connectivity index (χ1) is 12.0. The van der Waals surface area contributed by atoms with Gasteiger partial charge in [-0.05, 0) is 37.5 Å². The van der Waals surface area contributed by atoms with Gasteiger partial charge in [0.1, 0.15) is 0 Å². The molecule has 2 rings (SSSR count). The van der Waals surface area contributed by atoms with Crippen LogP contribution in [0, 0.1) is 35.5 Å². The van der Waals surface area contributed by atoms with Crippen molar-refractivity contribution in [3.05, 3.63) is 9.96 Å². The second kappa shape index (κ2) is 11.6. The molecular weight excluding hydrogens is 415 g/mol. The average molecular weight is 455 g/mol. The molecule has 6 heteroatoms. The predicted octanol–water partition coefficient (Wildman–Crippen LogP) is 7.95. The molecule has 0 amide bonds. The Labute approximate surface area is 181 Å². The molecule has 2 fully saturated rings. The molecule has 0 saturated heterocycles. The summed E-state index contributed by atoms with van der Waals surface area (Å²) in [5, 5.41) is 0. The minimum absolute atomic E-state index is 0.546. The zero-order valence-electron chi connectivity index (χ0n) is 18.1. The first-order valence-electron chi connectivity index (χ1n) is 10.4. The molecule has 2 nitrogen and oxygen atoms in total. The Kier molecular flexibility index (Phi) is 11.3. The topological polar surface area (TPSA) is 28.2 Å². The quantitative estimate of drug-likeness (QED) is 0.385. The van der Waals surface area contributed by atoms with E-state index in [1.807, 2.05) is 0 Å². The molecule has 0 aromatic carbocycles. The average Bonchev–Trinajstić information content (AvgIpc) is 2.48. The van der Waals surface area contributed by atoms with Crippen LogP contribution in [0.4, 0.5) is 0 Å². The molecule has 0 spiro atoms. The van der Waals surface area contributed by atoms with Crippen LogP contribution < -0.4 is 0 Å². The monoisotopic (exact) mass is 454 g/mol. The molecule has 154 valence electrons. The fourth-order valence-corrected chi connectivity index (χ4v) is 8.23. The van der Waals surface area contributed by atoms with Crippen molar-refractivity contribution in [2.75, 3.05) is 0 Å². The second-order valence-electron chi connectivity index (χ2n) is 9.87. The van der Waals surface area contributed by atoms with E-state index in [0.29, 0.717) is 12.1 Å². The van der Waals surface area contributed by atoms with E-state index in [2.05, 4.69) is 54.6 Å². The van der Waals surface area contributed by atoms with Gasteiger partial charge in [-0.25, -0.2) is 0 Å². The summed E-state index contributed by atoms with van der Waals surface area (Å²) in [7, 11) is 7.94. The van der Waals surface area contributed by atoms with Crippen molar-refractivity contribution in [3.8, 4) is 0 Å². The van der Waals surface area contributed by atoms with Gasteiger partial charge in [-0.2, -0.15) is 8.40 Å². The van der Waals surface area contributed by atoms with Gasteiger partial charge in [0.2, 0.25) is 0 Å². The molecule has 0 radical (unpaired) electrons. The number of nitrogens with zero attached hydrogens (tertiary/aromatic N) is 2. The molecule has 2 saturated carbocycles. The van der Waals surface area contributed by atoms with E-state index >= 15 is 0 Å². The SMILES string of the molecule is CC1CC(C)C([N-][Si](C)(C)[N-]C2C(C)CC(C)CC2C)C(C)C1.[Cl][Ti][Cl]. The fourth-order valence-electron chi connectivity index (χ4n) is 5.68. The van der Waals surface area contributed by atoms with Gasteiger partial charge in [-0.1, -0.05) is 65.2 Å². The summed E-state index contributed by atoms with van der Waals surface area (Å²) in [4.78, 5) is 10.8. The Morgan fingerprint density at radius 3 is 1.12 bits per heavy atom. The molecule has 0 heterocycles. The van der Waals surface area contributed by atoms with E-state index in [1.54, 1.807) is 0 Å². The van der Waals surface area contributed by atoms with Gasteiger partial charge in [0.05, 0.1) is 0 Å². The van der Waals surface area contributed by atoms with Gasteiger partial charge >= 0.3 is 35.6 Å². The maximum atomic E-state index is 5.42. The summed E-state index contributed by atoms with van der Waals surface area (Å²) in [6.45, 7) is 19.2. The molecule has 0 N–H and O–H groups in total. The van der Waals surface area contributed by atoms with Gasteiger partial charge < -0.3 is 9.96 Å². The Bertz CT molecular complexity index is 355. The fraction of sp³-hybridized carbons (Fsp3) is 1.00. The van der Waals surface area contributed by atoms with E-state index in [4.69, 9.17) is 28.6 Å². The molecule has 4 atom stereocenters. The van der Waals surface area contributed by atoms with Gasteiger partial charge in [0.15, 0.2) is 0 Å². The summed E-state index contributed by atoms with van der Waals surface area (Å²) < 4.78 is 0. The Balaban J connectivity index is 0.00000105. The maximum absolute atomic E-state index is 5.42. The van der Waals surface area contributed by atoms with E-state index in [-0.39, 0.29) is 0 Å². The van der Waals surface area contributed by atoms with E-state index in [9.17, 15) is 0 Å². The Morgan fingerprint density at radius 2 is 0.885 bits per heavy atom. The van der Waals surface area contributed by atoms with Crippen molar-refractivity contribution < 1.29 is 17.0 Å². The second-order valence-corrected chi connectivity index (χ2v) is 16.0. The van der Waals surface area contributed by atoms with Crippen molar-refractivity contribution in [1.82, 2.24) is 0 Å². The molecule has 0 aromatic rings. The zero-order chi connectivity index (χ0) is 20.1. The van der Waals surface area contributed by atoms with Crippen molar-refractivity contribution >= 4 is 27.0 Å². The van der Waals surface area contributed by atoms with E-state index in [1.165, 1.54) is 25.7 Å². The Morgan fingerprint density at radius 1 is 0.654 bits per heavy atom. The van der Waals surface area contributed by atoms with Crippen LogP contribution in [0.1, 0.15) is 67.2 Å². The molecule has 2 aliphatic rings. The Hall–Kier alpha value is 1.43. The molecular formula is C20H40Cl2N2SiTi-2. The van der Waals surface area contributed by atoms with Crippen LogP contribution in [-0.2, 0) is 17.0 Å². The molecule has 0 aromatic heterocycles. The first kappa shape index (κ1) is 25.5. The molecule has 2 aliphatic carbocycles. The van der Waals surface area contributed by atoms with Crippen LogP contribution in [0.2, 0.25) is 13.1 Å². The molecule has 4 unspecified atom stereocenters. The van der Waals surface area contributed by atoms with Crippen LogP contribution >= 0.6 is 18.6 Å². The molecule has 26 heavy (non-hydrogen) atoms. The van der Waals surface area contributed by atoms with Gasteiger partial charge in [0.25, 0.3) is 0 Å². The summed E-state index contributed by atoms with van der Waals surface area (Å²) in [5.74, 6) is 4.67. The normalized spacial score (nSPS) is 41.2. The van der Waals surface area contributed by atoms with Crippen molar-refractivity contribution in [2.24, 2.45) is 35.5 Å².